The fourth-order valence-corrected chi connectivity index (χ4v) is 4.78. The topological polar surface area (TPSA) is 165 Å². The number of nitrogens with zero attached hydrogens (tertiary/aromatic N) is 2. The first-order valence-electron chi connectivity index (χ1n) is 10.5. The minimum absolute atomic E-state index is 0.0259. The molecule has 4 aromatic rings. The zero-order chi connectivity index (χ0) is 24.4. The van der Waals surface area contributed by atoms with Gasteiger partial charge in [-0.15, -0.1) is 0 Å². The number of carbonyl (C=O) groups excluding carboxylic acids is 2. The average Bonchev–Trinajstić information content (AvgIpc) is 3.16. The van der Waals surface area contributed by atoms with Gasteiger partial charge in [0.05, 0.1) is 15.9 Å². The molecule has 2 aromatic heterocycles. The zero-order valence-corrected chi connectivity index (χ0v) is 19.1. The maximum atomic E-state index is 12.5. The number of carbonyl (C=O) groups is 3. The zero-order valence-electron chi connectivity index (χ0n) is 18.3. The molecule has 2 atom stereocenters. The lowest BCUT2D eigenvalue weighted by Crippen LogP contribution is -2.27. The van der Waals surface area contributed by atoms with Crippen LogP contribution in [0.4, 0.5) is 0 Å². The summed E-state index contributed by atoms with van der Waals surface area (Å²) in [6.07, 6.45) is 1.97. The lowest BCUT2D eigenvalue weighted by molar-refractivity contribution is -0.122. The normalized spacial score (nSPS) is 18.7. The van der Waals surface area contributed by atoms with Crippen molar-refractivity contribution in [3.05, 3.63) is 59.8 Å². The predicted octanol–water partition coefficient (Wildman–Crippen LogP) is 1.29. The van der Waals surface area contributed by atoms with Gasteiger partial charge >= 0.3 is 0 Å². The Morgan fingerprint density at radius 2 is 1.76 bits per heavy atom. The number of hydrogen-bond donors (Lipinski definition) is 5. The number of benzene rings is 2. The molecule has 7 N–H and O–H groups in total. The third-order valence-corrected chi connectivity index (χ3v) is 6.83. The third-order valence-electron chi connectivity index (χ3n) is 5.82. The molecule has 11 heteroatoms. The van der Waals surface area contributed by atoms with E-state index in [9.17, 15) is 9.59 Å². The number of nitrogens with two attached hydrogens (primary N) is 2. The summed E-state index contributed by atoms with van der Waals surface area (Å²) in [5.41, 5.74) is 15.6. The summed E-state index contributed by atoms with van der Waals surface area (Å²) in [5, 5.41) is 12.4. The van der Waals surface area contributed by atoms with E-state index in [0.717, 1.165) is 26.4 Å². The monoisotopic (exact) mass is 480 g/mol. The number of imidazole rings is 1. The van der Waals surface area contributed by atoms with Crippen LogP contribution in [0.1, 0.15) is 20.7 Å². The molecule has 176 valence electrons. The Kier molecular flexibility index (Phi) is 6.59. The van der Waals surface area contributed by atoms with Gasteiger partial charge in [-0.1, -0.05) is 23.5 Å². The van der Waals surface area contributed by atoms with Gasteiger partial charge in [0.15, 0.2) is 4.96 Å². The van der Waals surface area contributed by atoms with Gasteiger partial charge < -0.3 is 27.2 Å². The summed E-state index contributed by atoms with van der Waals surface area (Å²) in [6, 6.07) is 12.9. The molecule has 0 saturated heterocycles. The van der Waals surface area contributed by atoms with Crippen molar-refractivity contribution in [2.75, 3.05) is 13.6 Å². The molecule has 1 fully saturated rings. The van der Waals surface area contributed by atoms with Crippen LogP contribution in [0.5, 0.6) is 0 Å². The largest absolute Gasteiger partial charge is 0.483 e. The molecule has 1 aliphatic rings. The van der Waals surface area contributed by atoms with Crippen LogP contribution in [0.25, 0.3) is 26.4 Å². The summed E-state index contributed by atoms with van der Waals surface area (Å²) in [6.45, 7) is 0.245. The first kappa shape index (κ1) is 23.4. The molecule has 0 aliphatic heterocycles. The minimum Gasteiger partial charge on any atom is -0.483 e. The van der Waals surface area contributed by atoms with E-state index in [1.54, 1.807) is 19.2 Å². The van der Waals surface area contributed by atoms with Crippen LogP contribution in [0.2, 0.25) is 0 Å². The summed E-state index contributed by atoms with van der Waals surface area (Å²) in [7, 11) is 1.61. The van der Waals surface area contributed by atoms with Crippen LogP contribution in [0, 0.1) is 5.92 Å². The van der Waals surface area contributed by atoms with Crippen molar-refractivity contribution in [3.8, 4) is 11.3 Å². The highest BCUT2D eigenvalue weighted by Crippen LogP contribution is 2.30. The SMILES string of the molecule is CNC(=O)c1ccc(-c2cn3c(n2)sc2cc(C(=O)NCC4C(N)C4N)ccc23)cc1.O=CO. The second-order valence-corrected chi connectivity index (χ2v) is 8.86. The third kappa shape index (κ3) is 4.49. The van der Waals surface area contributed by atoms with Crippen LogP contribution in [-0.4, -0.2) is 58.5 Å². The quantitative estimate of drug-likeness (QED) is 0.269. The van der Waals surface area contributed by atoms with Crippen LogP contribution in [-0.2, 0) is 4.79 Å². The number of nitrogens with one attached hydrogen (secondary N) is 2. The molecule has 1 saturated carbocycles. The summed E-state index contributed by atoms with van der Waals surface area (Å²) < 4.78 is 3.00. The van der Waals surface area contributed by atoms with E-state index in [-0.39, 0.29) is 36.3 Å². The smallest absolute Gasteiger partial charge is 0.290 e. The Morgan fingerprint density at radius 1 is 1.12 bits per heavy atom. The molecule has 34 heavy (non-hydrogen) atoms. The minimum atomic E-state index is -0.250. The molecule has 2 unspecified atom stereocenters. The summed E-state index contributed by atoms with van der Waals surface area (Å²) in [5.74, 6) is -0.0938. The molecule has 0 bridgehead atoms. The van der Waals surface area contributed by atoms with Gasteiger partial charge in [-0.25, -0.2) is 4.98 Å². The van der Waals surface area contributed by atoms with Crippen molar-refractivity contribution in [3.63, 3.8) is 0 Å². The highest BCUT2D eigenvalue weighted by molar-refractivity contribution is 7.23. The number of thiazole rings is 1. The average molecular weight is 481 g/mol. The van der Waals surface area contributed by atoms with Crippen LogP contribution < -0.4 is 22.1 Å². The van der Waals surface area contributed by atoms with Crippen LogP contribution >= 0.6 is 11.3 Å². The van der Waals surface area contributed by atoms with Gasteiger partial charge in [-0.05, 0) is 30.3 Å². The molecule has 5 rings (SSSR count). The number of amides is 2. The maximum Gasteiger partial charge on any atom is 0.290 e. The number of aromatic nitrogens is 2. The Labute approximate surface area is 198 Å². The standard InChI is InChI=1S/C22H22N6O2S.CH2O2/c1-25-20(29)12-4-2-11(3-5-12)15-10-28-16-7-6-13(8-17(16)31-22(28)27-15)21(30)26-9-14-18(23)19(14)24;2-1-3/h2-8,10,14,18-19H,9,23-24H2,1H3,(H,25,29)(H,26,30);1H,(H,2,3). The second-order valence-electron chi connectivity index (χ2n) is 7.85. The Balaban J connectivity index is 0.000000868. The lowest BCUT2D eigenvalue weighted by Gasteiger charge is -2.04. The fraction of sp³-hybridized carbons (Fsp3) is 0.217. The molecular weight excluding hydrogens is 456 g/mol. The van der Waals surface area contributed by atoms with Crippen molar-refractivity contribution < 1.29 is 19.5 Å². The van der Waals surface area contributed by atoms with E-state index in [1.165, 1.54) is 11.3 Å². The summed E-state index contributed by atoms with van der Waals surface area (Å²) in [4.78, 5) is 38.1. The van der Waals surface area contributed by atoms with E-state index in [1.807, 2.05) is 40.9 Å². The summed E-state index contributed by atoms with van der Waals surface area (Å²) >= 11 is 1.53. The van der Waals surface area contributed by atoms with E-state index < -0.39 is 0 Å². The molecule has 0 spiro atoms. The molecular formula is C23H24N6O4S. The van der Waals surface area contributed by atoms with Crippen molar-refractivity contribution in [2.24, 2.45) is 17.4 Å². The molecule has 2 amide bonds. The lowest BCUT2D eigenvalue weighted by atomic mass is 10.1. The van der Waals surface area contributed by atoms with Crippen molar-refractivity contribution >= 4 is 44.8 Å². The second kappa shape index (κ2) is 9.59. The molecule has 2 aromatic carbocycles. The van der Waals surface area contributed by atoms with Gasteiger partial charge in [-0.3, -0.25) is 18.8 Å². The van der Waals surface area contributed by atoms with Gasteiger partial charge in [-0.2, -0.15) is 0 Å². The molecule has 0 radical (unpaired) electrons. The van der Waals surface area contributed by atoms with E-state index in [4.69, 9.17) is 26.4 Å². The number of fused-ring (bicyclic) bond motifs is 3. The van der Waals surface area contributed by atoms with Gasteiger partial charge in [0.2, 0.25) is 0 Å². The Bertz CT molecular complexity index is 1360. The van der Waals surface area contributed by atoms with Gasteiger partial charge in [0, 0.05) is 54.5 Å². The molecule has 10 nitrogen and oxygen atoms in total. The molecule has 2 heterocycles. The maximum absolute atomic E-state index is 12.5. The first-order valence-corrected chi connectivity index (χ1v) is 11.3. The van der Waals surface area contributed by atoms with Crippen molar-refractivity contribution in [1.29, 1.82) is 0 Å². The predicted molar refractivity (Wildman–Crippen MR) is 130 cm³/mol. The van der Waals surface area contributed by atoms with Crippen molar-refractivity contribution in [2.45, 2.75) is 12.1 Å². The molecule has 1 aliphatic carbocycles. The van der Waals surface area contributed by atoms with Crippen LogP contribution in [0.15, 0.2) is 48.7 Å². The first-order chi connectivity index (χ1) is 16.4. The van der Waals surface area contributed by atoms with Crippen LogP contribution in [0.3, 0.4) is 0 Å². The van der Waals surface area contributed by atoms with Gasteiger partial charge in [0.25, 0.3) is 18.3 Å². The number of carboxylic acid groups (broad SMARTS) is 1. The van der Waals surface area contributed by atoms with E-state index in [2.05, 4.69) is 10.6 Å². The van der Waals surface area contributed by atoms with Crippen molar-refractivity contribution in [1.82, 2.24) is 20.0 Å². The highest BCUT2D eigenvalue weighted by Gasteiger charge is 2.44. The number of hydrogen-bond acceptors (Lipinski definition) is 7. The highest BCUT2D eigenvalue weighted by atomic mass is 32.1. The van der Waals surface area contributed by atoms with Gasteiger partial charge in [0.1, 0.15) is 0 Å². The number of rotatable bonds is 5. The van der Waals surface area contributed by atoms with E-state index in [0.29, 0.717) is 17.7 Å². The fourth-order valence-electron chi connectivity index (χ4n) is 3.73. The Morgan fingerprint density at radius 3 is 2.38 bits per heavy atom. The van der Waals surface area contributed by atoms with E-state index >= 15 is 0 Å². The Hall–Kier alpha value is -3.80.